The predicted molar refractivity (Wildman–Crippen MR) is 56.2 cm³/mol. The SMILES string of the molecule is Cc1cc(-c2ccc(Cl)s2)[c]s1. The molecule has 61 valence electrons. The van der Waals surface area contributed by atoms with Gasteiger partial charge in [0, 0.05) is 15.3 Å². The molecule has 3 heteroatoms. The average Bonchev–Trinajstić information content (AvgIpc) is 2.58. The van der Waals surface area contributed by atoms with Crippen molar-refractivity contribution in [1.29, 1.82) is 0 Å². The molecule has 0 atom stereocenters. The van der Waals surface area contributed by atoms with E-state index in [-0.39, 0.29) is 0 Å². The maximum absolute atomic E-state index is 5.83. The Labute approximate surface area is 84.4 Å². The number of halogens is 1. The maximum Gasteiger partial charge on any atom is 0.0934 e. The highest BCUT2D eigenvalue weighted by Gasteiger charge is 2.02. The molecule has 0 N–H and O–H groups in total. The van der Waals surface area contributed by atoms with Crippen molar-refractivity contribution in [2.45, 2.75) is 6.92 Å². The van der Waals surface area contributed by atoms with Crippen LogP contribution in [0, 0.1) is 12.3 Å². The van der Waals surface area contributed by atoms with Crippen LogP contribution in [0.4, 0.5) is 0 Å². The minimum absolute atomic E-state index is 0.835. The van der Waals surface area contributed by atoms with Crippen molar-refractivity contribution in [3.8, 4) is 10.4 Å². The molecule has 12 heavy (non-hydrogen) atoms. The van der Waals surface area contributed by atoms with Gasteiger partial charge in [0.05, 0.1) is 9.72 Å². The van der Waals surface area contributed by atoms with Crippen molar-refractivity contribution >= 4 is 34.3 Å². The Hall–Kier alpha value is -0.310. The number of rotatable bonds is 1. The largest absolute Gasteiger partial charge is 0.139 e. The second kappa shape index (κ2) is 3.21. The Morgan fingerprint density at radius 2 is 2.25 bits per heavy atom. The van der Waals surface area contributed by atoms with Gasteiger partial charge >= 0.3 is 0 Å². The second-order valence-electron chi connectivity index (χ2n) is 2.48. The Balaban J connectivity index is 2.43. The smallest absolute Gasteiger partial charge is 0.0934 e. The Morgan fingerprint density at radius 1 is 1.42 bits per heavy atom. The molecule has 0 aliphatic heterocycles. The van der Waals surface area contributed by atoms with Gasteiger partial charge in [-0.05, 0) is 25.1 Å². The maximum atomic E-state index is 5.83. The van der Waals surface area contributed by atoms with E-state index in [2.05, 4.69) is 18.4 Å². The van der Waals surface area contributed by atoms with Gasteiger partial charge in [0.1, 0.15) is 0 Å². The summed E-state index contributed by atoms with van der Waals surface area (Å²) in [7, 11) is 0. The summed E-state index contributed by atoms with van der Waals surface area (Å²) >= 11 is 9.07. The molecule has 2 rings (SSSR count). The monoisotopic (exact) mass is 213 g/mol. The summed E-state index contributed by atoms with van der Waals surface area (Å²) in [6.07, 6.45) is 0. The van der Waals surface area contributed by atoms with Crippen LogP contribution in [0.5, 0.6) is 0 Å². The Kier molecular flexibility index (Phi) is 2.22. The summed E-state index contributed by atoms with van der Waals surface area (Å²) in [4.78, 5) is 2.49. The van der Waals surface area contributed by atoms with E-state index < -0.39 is 0 Å². The van der Waals surface area contributed by atoms with Crippen molar-refractivity contribution in [3.05, 3.63) is 32.8 Å². The molecule has 0 nitrogen and oxygen atoms in total. The van der Waals surface area contributed by atoms with Gasteiger partial charge < -0.3 is 0 Å². The van der Waals surface area contributed by atoms with Crippen molar-refractivity contribution in [1.82, 2.24) is 0 Å². The van der Waals surface area contributed by atoms with Gasteiger partial charge in [-0.3, -0.25) is 0 Å². The first-order valence-electron chi connectivity index (χ1n) is 3.49. The minimum atomic E-state index is 0.835. The first-order chi connectivity index (χ1) is 5.75. The molecule has 1 radical (unpaired) electrons. The van der Waals surface area contributed by atoms with Gasteiger partial charge in [0.2, 0.25) is 0 Å². The third-order valence-electron chi connectivity index (χ3n) is 1.51. The molecule has 2 aromatic heterocycles. The van der Waals surface area contributed by atoms with Gasteiger partial charge in [-0.15, -0.1) is 22.7 Å². The molecule has 0 fully saturated rings. The highest BCUT2D eigenvalue weighted by molar-refractivity contribution is 7.19. The van der Waals surface area contributed by atoms with Crippen LogP contribution in [-0.2, 0) is 0 Å². The van der Waals surface area contributed by atoms with Gasteiger partial charge in [-0.2, -0.15) is 0 Å². The summed E-state index contributed by atoms with van der Waals surface area (Å²) in [6.45, 7) is 2.08. The van der Waals surface area contributed by atoms with E-state index in [0.717, 1.165) is 9.90 Å². The summed E-state index contributed by atoms with van der Waals surface area (Å²) in [5.74, 6) is 0. The summed E-state index contributed by atoms with van der Waals surface area (Å²) in [6, 6.07) is 6.08. The number of hydrogen-bond donors (Lipinski definition) is 0. The van der Waals surface area contributed by atoms with Gasteiger partial charge in [0.15, 0.2) is 0 Å². The molecule has 0 spiro atoms. The van der Waals surface area contributed by atoms with Crippen LogP contribution in [0.15, 0.2) is 18.2 Å². The van der Waals surface area contributed by atoms with E-state index in [1.54, 1.807) is 22.7 Å². The quantitative estimate of drug-likeness (QED) is 0.665. The molecule has 0 unspecified atom stereocenters. The van der Waals surface area contributed by atoms with Crippen LogP contribution < -0.4 is 0 Å². The Morgan fingerprint density at radius 3 is 2.75 bits per heavy atom. The molecule has 2 aromatic rings. The lowest BCUT2D eigenvalue weighted by atomic mass is 10.3. The minimum Gasteiger partial charge on any atom is -0.139 e. The third-order valence-corrected chi connectivity index (χ3v) is 3.53. The van der Waals surface area contributed by atoms with Crippen LogP contribution in [0.2, 0.25) is 4.34 Å². The molecule has 0 saturated heterocycles. The summed E-state index contributed by atoms with van der Waals surface area (Å²) in [5.41, 5.74) is 1.16. The van der Waals surface area contributed by atoms with E-state index in [9.17, 15) is 0 Å². The number of aryl methyl sites for hydroxylation is 1. The fourth-order valence-electron chi connectivity index (χ4n) is 0.978. The first kappa shape index (κ1) is 8.30. The zero-order valence-corrected chi connectivity index (χ0v) is 8.82. The molecule has 0 saturated carbocycles. The van der Waals surface area contributed by atoms with Gasteiger partial charge in [-0.1, -0.05) is 11.6 Å². The molecule has 2 heterocycles. The topological polar surface area (TPSA) is 0 Å². The number of hydrogen-bond acceptors (Lipinski definition) is 2. The van der Waals surface area contributed by atoms with Crippen LogP contribution in [-0.4, -0.2) is 0 Å². The van der Waals surface area contributed by atoms with E-state index in [1.807, 2.05) is 12.1 Å². The molecule has 0 bridgehead atoms. The second-order valence-corrected chi connectivity index (χ2v) is 5.24. The van der Waals surface area contributed by atoms with Crippen molar-refractivity contribution in [3.63, 3.8) is 0 Å². The third kappa shape index (κ3) is 1.56. The number of thiophene rings is 2. The molecule has 0 amide bonds. The fraction of sp³-hybridized carbons (Fsp3) is 0.111. The van der Waals surface area contributed by atoms with Crippen LogP contribution in [0.1, 0.15) is 4.88 Å². The normalized spacial score (nSPS) is 10.5. The Bertz CT molecular complexity index is 348. The highest BCUT2D eigenvalue weighted by atomic mass is 35.5. The first-order valence-corrected chi connectivity index (χ1v) is 5.50. The van der Waals surface area contributed by atoms with Crippen molar-refractivity contribution in [2.24, 2.45) is 0 Å². The molecular weight excluding hydrogens is 208 g/mol. The van der Waals surface area contributed by atoms with Crippen LogP contribution in [0.25, 0.3) is 10.4 Å². The van der Waals surface area contributed by atoms with Crippen LogP contribution >= 0.6 is 34.3 Å². The summed E-state index contributed by atoms with van der Waals surface area (Å²) < 4.78 is 0.835. The van der Waals surface area contributed by atoms with Gasteiger partial charge in [-0.25, -0.2) is 0 Å². The van der Waals surface area contributed by atoms with E-state index in [4.69, 9.17) is 11.6 Å². The zero-order chi connectivity index (χ0) is 8.55. The van der Waals surface area contributed by atoms with Crippen molar-refractivity contribution in [2.75, 3.05) is 0 Å². The van der Waals surface area contributed by atoms with Crippen molar-refractivity contribution < 1.29 is 0 Å². The molecule has 0 aromatic carbocycles. The standard InChI is InChI=1S/C9H6ClS2/c1-6-4-7(5-11-6)8-2-3-9(10)12-8/h2-4H,1H3. The zero-order valence-electron chi connectivity index (χ0n) is 6.43. The highest BCUT2D eigenvalue weighted by Crippen LogP contribution is 2.32. The van der Waals surface area contributed by atoms with E-state index in [0.29, 0.717) is 0 Å². The summed E-state index contributed by atoms with van der Waals surface area (Å²) in [5, 5.41) is 3.23. The lowest BCUT2D eigenvalue weighted by Gasteiger charge is -1.86. The lowest BCUT2D eigenvalue weighted by Crippen LogP contribution is -1.60. The molecule has 0 aliphatic carbocycles. The van der Waals surface area contributed by atoms with E-state index >= 15 is 0 Å². The molecular formula is C9H6ClS2. The van der Waals surface area contributed by atoms with E-state index in [1.165, 1.54) is 9.75 Å². The fourth-order valence-corrected chi connectivity index (χ4v) is 2.67. The van der Waals surface area contributed by atoms with Crippen LogP contribution in [0.3, 0.4) is 0 Å². The predicted octanol–water partition coefficient (Wildman–Crippen LogP) is 4.24. The molecule has 0 aliphatic rings. The van der Waals surface area contributed by atoms with Gasteiger partial charge in [0.25, 0.3) is 0 Å². The average molecular weight is 214 g/mol. The lowest BCUT2D eigenvalue weighted by molar-refractivity contribution is 1.64.